The standard InChI is InChI=1S/C21H23N3O3S.C21H21N3O3.C20H16N2O2.C20H16N2O.C19H13FN2O.C17H13N3O3/c1-5-24-20-12-17(27-4)10-11-18(20)19(13-22)21(24)15-6-8-16(9-7-15)23-28(25,26)14(2)3;1-21(2,3)27-20(25)23-15-5-10-18-14(12-22)13-24(19(18)11-15)16-6-8-17(26-4)9-7-16;1-22-19(11-6-14-4-7-15(23-2)8-5-14)18(13-21)17-10-9-16(24-3)12-20(17)22;1-14-4-6-15(7-5-14)8-11-19-18(13-21)17-10-9-16(23-3)12-20(17)22(19)2;1-22-18(10-5-13-3-6-14(20)7-4-13)17(12-21)16-9-8-15(23-2)11-19(16)22;1-23-14-5-3-13(4-6-14)20-10-12(9-18)15-7-2-11(8-16(15)20)17(21)19-22/h6-12,14,23H,5H2,1-4H3;5-11,13H,1-4H3,(H,23,25);4-5,7-10,12H,1-3H3;4-7,9-10,12H,1-3H3;3-4,6-9,11H,1-2H3;2-8,10,22H,1H3,(H,19,21). The van der Waals surface area contributed by atoms with Gasteiger partial charge in [0.1, 0.15) is 105 Å². The second-order valence-corrected chi connectivity index (χ2v) is 36.6. The number of ether oxygens (including phenoxy) is 8. The molecule has 18 rings (SSSR count). The van der Waals surface area contributed by atoms with Crippen LogP contribution in [0.5, 0.6) is 40.2 Å². The highest BCUT2D eigenvalue weighted by atomic mass is 32.2. The van der Waals surface area contributed by atoms with Crippen molar-refractivity contribution in [2.75, 3.05) is 59.8 Å². The number of amides is 2. The van der Waals surface area contributed by atoms with E-state index in [1.54, 1.807) is 130 Å². The first-order chi connectivity index (χ1) is 71.2. The Kier molecular flexibility index (Phi) is 33.9. The molecule has 0 bridgehead atoms. The molecular weight excluding hydrogens is 1890 g/mol. The molecule has 4 N–H and O–H groups in total. The first-order valence-corrected chi connectivity index (χ1v) is 47.6. The van der Waals surface area contributed by atoms with Crippen molar-refractivity contribution in [1.82, 2.24) is 32.9 Å². The van der Waals surface area contributed by atoms with Gasteiger partial charge in [-0.2, -0.15) is 31.6 Å². The predicted molar refractivity (Wildman–Crippen MR) is 571 cm³/mol. The lowest BCUT2D eigenvalue weighted by Crippen LogP contribution is -2.27. The highest BCUT2D eigenvalue weighted by molar-refractivity contribution is 7.93. The number of nitrogens with zero attached hydrogens (tertiary/aromatic N) is 12. The number of anilines is 2. The van der Waals surface area contributed by atoms with Gasteiger partial charge in [-0.1, -0.05) is 53.7 Å². The Bertz CT molecular complexity index is 8510. The molecule has 18 aromatic rings. The average molecular weight is 1990 g/mol. The molecule has 0 radical (unpaired) electrons. The largest absolute Gasteiger partial charge is 0.497 e. The zero-order valence-electron chi connectivity index (χ0n) is 84.2. The Hall–Kier alpha value is -19.5. The Morgan fingerprint density at radius 3 is 1.11 bits per heavy atom. The van der Waals surface area contributed by atoms with E-state index in [4.69, 9.17) is 43.1 Å². The number of hydrogen-bond acceptors (Lipinski definition) is 19. The quantitative estimate of drug-likeness (QED) is 0.0396. The van der Waals surface area contributed by atoms with Gasteiger partial charge in [-0.05, 0) is 272 Å². The van der Waals surface area contributed by atoms with Gasteiger partial charge in [-0.15, -0.1) is 0 Å². The Labute approximate surface area is 856 Å². The molecule has 740 valence electrons. The van der Waals surface area contributed by atoms with Gasteiger partial charge in [-0.3, -0.25) is 20.0 Å². The van der Waals surface area contributed by atoms with Crippen molar-refractivity contribution in [2.24, 2.45) is 21.1 Å². The monoisotopic (exact) mass is 1990 g/mol. The van der Waals surface area contributed by atoms with Gasteiger partial charge in [0.2, 0.25) is 10.0 Å². The molecule has 0 atom stereocenters. The number of aromatic nitrogens is 6. The van der Waals surface area contributed by atoms with Crippen LogP contribution in [0, 0.1) is 116 Å². The molecule has 0 aliphatic heterocycles. The van der Waals surface area contributed by atoms with Crippen LogP contribution in [0.3, 0.4) is 0 Å². The van der Waals surface area contributed by atoms with E-state index in [9.17, 15) is 54.0 Å². The molecule has 28 nitrogen and oxygen atoms in total. The van der Waals surface area contributed by atoms with E-state index >= 15 is 0 Å². The van der Waals surface area contributed by atoms with Gasteiger partial charge < -0.3 is 65.3 Å². The Morgan fingerprint density at radius 1 is 0.405 bits per heavy atom. The number of nitriles is 6. The number of nitrogens with one attached hydrogen (secondary N) is 3. The first kappa shape index (κ1) is 106. The number of methoxy groups -OCH3 is 7. The van der Waals surface area contributed by atoms with Gasteiger partial charge in [-0.25, -0.2) is 23.1 Å². The third-order valence-electron chi connectivity index (χ3n) is 23.8. The van der Waals surface area contributed by atoms with Crippen molar-refractivity contribution in [1.29, 1.82) is 31.6 Å². The number of hydrogen-bond donors (Lipinski definition) is 4. The second kappa shape index (κ2) is 47.4. The fraction of sp³-hybridized carbons (Fsp3) is 0.169. The summed E-state index contributed by atoms with van der Waals surface area (Å²) in [6.07, 6.45) is 2.97. The molecule has 148 heavy (non-hydrogen) atoms. The summed E-state index contributed by atoms with van der Waals surface area (Å²) in [5, 5.41) is 73.1. The SMILES string of the molecule is CCn1c(-c2ccc(NS(=O)(=O)C(C)C)cc2)c(C#N)c2ccc(OC)cc21.COc1ccc(-n2cc(C#N)c3ccc(C(=O)NO)cc32)cc1.COc1ccc(-n2cc(C#N)c3ccc(NC(=O)OC(C)(C)C)cc32)cc1.COc1ccc(C#Cc2c(C#N)c3ccc(OC)cc3n2C)cc1.COc1ccc2c(C#N)c(C#Cc3ccc(C)cc3)n(C)c2c1.COc1ccc2c(C#N)c(C#Cc3ccc(F)cc3)n(C)c2c1. The summed E-state index contributed by atoms with van der Waals surface area (Å²) in [7, 11) is 13.6. The molecular formula is C118H102FN15O13S. The van der Waals surface area contributed by atoms with E-state index < -0.39 is 32.9 Å². The molecule has 12 aromatic carbocycles. The predicted octanol–water partition coefficient (Wildman–Crippen LogP) is 22.7. The molecule has 0 fully saturated rings. The van der Waals surface area contributed by atoms with Crippen LogP contribution in [0.1, 0.15) is 125 Å². The number of aryl methyl sites for hydroxylation is 5. The average Bonchev–Trinajstić information content (AvgIpc) is 1.56. The molecule has 0 spiro atoms. The van der Waals surface area contributed by atoms with Crippen molar-refractivity contribution in [2.45, 2.75) is 65.9 Å². The maximum atomic E-state index is 12.9. The van der Waals surface area contributed by atoms with Crippen LogP contribution >= 0.6 is 0 Å². The van der Waals surface area contributed by atoms with Gasteiger partial charge in [0.15, 0.2) is 0 Å². The fourth-order valence-corrected chi connectivity index (χ4v) is 16.8. The van der Waals surface area contributed by atoms with Gasteiger partial charge in [0.05, 0.1) is 127 Å². The van der Waals surface area contributed by atoms with Crippen molar-refractivity contribution < 1.29 is 65.5 Å². The van der Waals surface area contributed by atoms with E-state index in [-0.39, 0.29) is 5.82 Å². The summed E-state index contributed by atoms with van der Waals surface area (Å²) < 4.78 is 93.1. The summed E-state index contributed by atoms with van der Waals surface area (Å²) in [5.74, 6) is 22.8. The smallest absolute Gasteiger partial charge is 0.412 e. The third-order valence-corrected chi connectivity index (χ3v) is 25.6. The zero-order valence-corrected chi connectivity index (χ0v) is 85.0. The molecule has 0 saturated heterocycles. The molecule has 0 saturated carbocycles. The fourth-order valence-electron chi connectivity index (χ4n) is 16.1. The van der Waals surface area contributed by atoms with E-state index in [1.807, 2.05) is 273 Å². The van der Waals surface area contributed by atoms with Gasteiger partial charge in [0.25, 0.3) is 5.91 Å². The lowest BCUT2D eigenvalue weighted by atomic mass is 10.1. The number of halogens is 1. The van der Waals surface area contributed by atoms with Crippen LogP contribution in [0.25, 0.3) is 88.0 Å². The zero-order chi connectivity index (χ0) is 106. The first-order valence-electron chi connectivity index (χ1n) is 46.0. The topological polar surface area (TPSA) is 371 Å². The summed E-state index contributed by atoms with van der Waals surface area (Å²) in [6, 6.07) is 89.8. The van der Waals surface area contributed by atoms with E-state index in [1.165, 1.54) is 17.7 Å². The number of sulfonamides is 1. The van der Waals surface area contributed by atoms with E-state index in [0.717, 1.165) is 140 Å². The number of benzene rings is 12. The van der Waals surface area contributed by atoms with Crippen molar-refractivity contribution in [3.05, 3.63) is 351 Å². The second-order valence-electron chi connectivity index (χ2n) is 34.4. The number of fused-ring (bicyclic) bond motifs is 6. The minimum atomic E-state index is -3.40. The minimum absolute atomic E-state index is 0.301. The normalized spacial score (nSPS) is 10.5. The van der Waals surface area contributed by atoms with Crippen LogP contribution < -0.4 is 48.7 Å². The molecule has 6 heterocycles. The Morgan fingerprint density at radius 2 is 0.750 bits per heavy atom. The third kappa shape index (κ3) is 24.1. The Balaban J connectivity index is 0.000000148. The summed E-state index contributed by atoms with van der Waals surface area (Å²) in [4.78, 5) is 23.7. The van der Waals surface area contributed by atoms with Crippen LogP contribution in [0.15, 0.2) is 267 Å². The van der Waals surface area contributed by atoms with Gasteiger partial charge >= 0.3 is 6.09 Å². The highest BCUT2D eigenvalue weighted by Gasteiger charge is 2.25. The highest BCUT2D eigenvalue weighted by Crippen LogP contribution is 2.39. The number of carbonyl (C=O) groups is 2. The molecule has 6 aromatic heterocycles. The molecule has 2 amide bonds. The van der Waals surface area contributed by atoms with Crippen LogP contribution in [-0.4, -0.2) is 114 Å². The van der Waals surface area contributed by atoms with Crippen LogP contribution in [-0.2, 0) is 42.4 Å². The number of rotatable bonds is 16. The summed E-state index contributed by atoms with van der Waals surface area (Å²) in [6.45, 7) is 13.4. The maximum Gasteiger partial charge on any atom is 0.412 e. The van der Waals surface area contributed by atoms with Crippen molar-refractivity contribution in [3.8, 4) is 135 Å². The molecule has 30 heteroatoms. The van der Waals surface area contributed by atoms with Crippen molar-refractivity contribution in [3.63, 3.8) is 0 Å². The molecule has 0 unspecified atom stereocenters. The lowest BCUT2D eigenvalue weighted by Gasteiger charge is -2.19. The minimum Gasteiger partial charge on any atom is -0.497 e. The van der Waals surface area contributed by atoms with E-state index in [2.05, 4.69) is 86.5 Å². The molecule has 0 aliphatic rings. The summed E-state index contributed by atoms with van der Waals surface area (Å²) in [5.41, 5.74) is 20.1. The number of hydroxylamine groups is 1. The van der Waals surface area contributed by atoms with Crippen LogP contribution in [0.2, 0.25) is 0 Å². The maximum absolute atomic E-state index is 12.9. The van der Waals surface area contributed by atoms with E-state index in [0.29, 0.717) is 79.3 Å². The van der Waals surface area contributed by atoms with Gasteiger partial charge in [0, 0.05) is 142 Å². The number of carbonyl (C=O) groups excluding carboxylic acids is 2. The van der Waals surface area contributed by atoms with Crippen molar-refractivity contribution >= 4 is 98.8 Å². The lowest BCUT2D eigenvalue weighted by molar-refractivity contribution is 0.0635. The van der Waals surface area contributed by atoms with Crippen LogP contribution in [0.4, 0.5) is 20.6 Å². The summed E-state index contributed by atoms with van der Waals surface area (Å²) >= 11 is 0. The molecule has 0 aliphatic carbocycles.